The Morgan fingerprint density at radius 1 is 1.21 bits per heavy atom. The van der Waals surface area contributed by atoms with E-state index < -0.39 is 0 Å². The number of furan rings is 1. The molecule has 0 aliphatic rings. The van der Waals surface area contributed by atoms with E-state index in [4.69, 9.17) is 19.0 Å². The second-order valence-electron chi connectivity index (χ2n) is 3.87. The summed E-state index contributed by atoms with van der Waals surface area (Å²) in [7, 11) is 3.03. The highest BCUT2D eigenvalue weighted by Gasteiger charge is 2.17. The van der Waals surface area contributed by atoms with Crippen LogP contribution in [0.25, 0.3) is 0 Å². The maximum Gasteiger partial charge on any atom is 0.196 e. The first-order valence-corrected chi connectivity index (χ1v) is 5.64. The van der Waals surface area contributed by atoms with Gasteiger partial charge in [0.05, 0.1) is 32.7 Å². The molecule has 1 N–H and O–H groups in total. The number of aliphatic hydroxyl groups is 1. The number of carbonyl (C=O) groups is 1. The fraction of sp³-hybridized carbons (Fsp3) is 0.214. The van der Waals surface area contributed by atoms with Crippen LogP contribution in [0.1, 0.15) is 21.5 Å². The van der Waals surface area contributed by atoms with Crippen LogP contribution in [0.3, 0.4) is 0 Å². The quantitative estimate of drug-likeness (QED) is 0.835. The lowest BCUT2D eigenvalue weighted by Gasteiger charge is -2.08. The first-order chi connectivity index (χ1) is 9.21. The van der Waals surface area contributed by atoms with Gasteiger partial charge in [-0.2, -0.15) is 0 Å². The number of hydrogen-bond donors (Lipinski definition) is 1. The Morgan fingerprint density at radius 3 is 2.58 bits per heavy atom. The molecule has 1 aromatic heterocycles. The largest absolute Gasteiger partial charge is 0.493 e. The van der Waals surface area contributed by atoms with Crippen LogP contribution in [0.5, 0.6) is 11.5 Å². The van der Waals surface area contributed by atoms with Gasteiger partial charge >= 0.3 is 0 Å². The van der Waals surface area contributed by atoms with E-state index in [0.29, 0.717) is 28.2 Å². The highest BCUT2D eigenvalue weighted by Crippen LogP contribution is 2.29. The second-order valence-corrected chi connectivity index (χ2v) is 3.87. The lowest BCUT2D eigenvalue weighted by molar-refractivity contribution is 0.103. The van der Waals surface area contributed by atoms with Crippen molar-refractivity contribution in [3.63, 3.8) is 0 Å². The highest BCUT2D eigenvalue weighted by molar-refractivity contribution is 6.10. The molecule has 0 amide bonds. The predicted octanol–water partition coefficient (Wildman–Crippen LogP) is 2.02. The number of rotatable bonds is 5. The van der Waals surface area contributed by atoms with Crippen LogP contribution in [0.15, 0.2) is 35.1 Å². The van der Waals surface area contributed by atoms with Crippen LogP contribution in [0.2, 0.25) is 0 Å². The van der Waals surface area contributed by atoms with Gasteiger partial charge in [-0.1, -0.05) is 0 Å². The Morgan fingerprint density at radius 2 is 1.95 bits per heavy atom. The lowest BCUT2D eigenvalue weighted by atomic mass is 10.0. The molecule has 19 heavy (non-hydrogen) atoms. The Hall–Kier alpha value is -2.27. The van der Waals surface area contributed by atoms with E-state index in [-0.39, 0.29) is 12.4 Å². The summed E-state index contributed by atoms with van der Waals surface area (Å²) in [6, 6.07) is 4.89. The summed E-state index contributed by atoms with van der Waals surface area (Å²) in [4.78, 5) is 12.3. The molecular weight excluding hydrogens is 248 g/mol. The van der Waals surface area contributed by atoms with Gasteiger partial charge in [0.2, 0.25) is 0 Å². The van der Waals surface area contributed by atoms with Crippen molar-refractivity contribution in [1.29, 1.82) is 0 Å². The smallest absolute Gasteiger partial charge is 0.196 e. The third-order valence-electron chi connectivity index (χ3n) is 2.80. The number of benzene rings is 1. The van der Waals surface area contributed by atoms with Crippen molar-refractivity contribution in [2.24, 2.45) is 0 Å². The zero-order chi connectivity index (χ0) is 13.8. The van der Waals surface area contributed by atoms with Gasteiger partial charge in [-0.15, -0.1) is 0 Å². The number of hydrogen-bond acceptors (Lipinski definition) is 5. The molecule has 0 radical (unpaired) electrons. The molecule has 100 valence electrons. The average Bonchev–Trinajstić information content (AvgIpc) is 2.94. The molecule has 0 saturated heterocycles. The summed E-state index contributed by atoms with van der Waals surface area (Å²) in [5.74, 6) is 0.787. The molecule has 0 bridgehead atoms. The SMILES string of the molecule is COc1ccc(C(=O)c2cocc2CO)cc1OC. The maximum atomic E-state index is 12.3. The van der Waals surface area contributed by atoms with E-state index in [9.17, 15) is 4.79 Å². The summed E-state index contributed by atoms with van der Waals surface area (Å²) >= 11 is 0. The average molecular weight is 262 g/mol. The summed E-state index contributed by atoms with van der Waals surface area (Å²) in [6.45, 7) is -0.245. The summed E-state index contributed by atoms with van der Waals surface area (Å²) < 4.78 is 15.2. The monoisotopic (exact) mass is 262 g/mol. The van der Waals surface area contributed by atoms with Crippen LogP contribution < -0.4 is 9.47 Å². The predicted molar refractivity (Wildman–Crippen MR) is 67.6 cm³/mol. The molecule has 0 aliphatic heterocycles. The Kier molecular flexibility index (Phi) is 3.87. The molecule has 5 heteroatoms. The Balaban J connectivity index is 2.39. The number of carbonyl (C=O) groups excluding carboxylic acids is 1. The van der Waals surface area contributed by atoms with Crippen molar-refractivity contribution in [1.82, 2.24) is 0 Å². The molecule has 0 fully saturated rings. The molecule has 0 unspecified atom stereocenters. The van der Waals surface area contributed by atoms with E-state index in [0.717, 1.165) is 0 Å². The molecular formula is C14H14O5. The number of aliphatic hydroxyl groups excluding tert-OH is 1. The third kappa shape index (κ3) is 2.46. The minimum Gasteiger partial charge on any atom is -0.493 e. The van der Waals surface area contributed by atoms with Gasteiger partial charge < -0.3 is 19.0 Å². The van der Waals surface area contributed by atoms with Crippen LogP contribution in [0, 0.1) is 0 Å². The first kappa shape index (κ1) is 13.2. The van der Waals surface area contributed by atoms with Gasteiger partial charge in [-0.05, 0) is 18.2 Å². The van der Waals surface area contributed by atoms with Crippen molar-refractivity contribution >= 4 is 5.78 Å². The van der Waals surface area contributed by atoms with Gasteiger partial charge in [0, 0.05) is 11.1 Å². The topological polar surface area (TPSA) is 68.9 Å². The summed E-state index contributed by atoms with van der Waals surface area (Å²) in [5.41, 5.74) is 1.24. The van der Waals surface area contributed by atoms with E-state index in [1.54, 1.807) is 18.2 Å². The zero-order valence-corrected chi connectivity index (χ0v) is 10.7. The van der Waals surface area contributed by atoms with Crippen molar-refractivity contribution in [3.8, 4) is 11.5 Å². The van der Waals surface area contributed by atoms with Gasteiger partial charge in [0.15, 0.2) is 17.3 Å². The minimum absolute atomic E-state index is 0.237. The van der Waals surface area contributed by atoms with E-state index in [1.165, 1.54) is 26.7 Å². The van der Waals surface area contributed by atoms with Crippen molar-refractivity contribution in [2.45, 2.75) is 6.61 Å². The van der Waals surface area contributed by atoms with Crippen molar-refractivity contribution in [3.05, 3.63) is 47.4 Å². The standard InChI is InChI=1S/C14H14O5/c1-17-12-4-3-9(5-13(12)18-2)14(16)11-8-19-7-10(11)6-15/h3-5,7-8,15H,6H2,1-2H3. The number of ether oxygens (including phenoxy) is 2. The second kappa shape index (κ2) is 5.58. The molecule has 1 aromatic carbocycles. The van der Waals surface area contributed by atoms with Gasteiger partial charge in [0.1, 0.15) is 6.26 Å². The van der Waals surface area contributed by atoms with Crippen molar-refractivity contribution < 1.29 is 23.8 Å². The van der Waals surface area contributed by atoms with E-state index in [2.05, 4.69) is 0 Å². The number of methoxy groups -OCH3 is 2. The first-order valence-electron chi connectivity index (χ1n) is 5.64. The van der Waals surface area contributed by atoms with E-state index in [1.807, 2.05) is 0 Å². The summed E-state index contributed by atoms with van der Waals surface area (Å²) in [6.07, 6.45) is 2.68. The Bertz CT molecular complexity index is 585. The summed E-state index contributed by atoms with van der Waals surface area (Å²) in [5, 5.41) is 9.13. The molecule has 5 nitrogen and oxygen atoms in total. The molecule has 2 aromatic rings. The fourth-order valence-corrected chi connectivity index (χ4v) is 1.78. The van der Waals surface area contributed by atoms with Gasteiger partial charge in [-0.25, -0.2) is 0 Å². The Labute approximate surface area is 110 Å². The maximum absolute atomic E-state index is 12.3. The molecule has 1 heterocycles. The van der Waals surface area contributed by atoms with Crippen LogP contribution in [0.4, 0.5) is 0 Å². The van der Waals surface area contributed by atoms with E-state index >= 15 is 0 Å². The zero-order valence-electron chi connectivity index (χ0n) is 10.7. The number of ketones is 1. The van der Waals surface area contributed by atoms with Crippen LogP contribution in [-0.4, -0.2) is 25.1 Å². The molecule has 2 rings (SSSR count). The van der Waals surface area contributed by atoms with Gasteiger partial charge in [-0.3, -0.25) is 4.79 Å². The highest BCUT2D eigenvalue weighted by atomic mass is 16.5. The fourth-order valence-electron chi connectivity index (χ4n) is 1.78. The van der Waals surface area contributed by atoms with Gasteiger partial charge in [0.25, 0.3) is 0 Å². The molecule has 0 atom stereocenters. The molecule has 0 aliphatic carbocycles. The molecule has 0 saturated carbocycles. The lowest BCUT2D eigenvalue weighted by Crippen LogP contribution is -2.04. The normalized spacial score (nSPS) is 10.3. The third-order valence-corrected chi connectivity index (χ3v) is 2.80. The molecule has 0 spiro atoms. The van der Waals surface area contributed by atoms with Crippen LogP contribution in [-0.2, 0) is 6.61 Å². The van der Waals surface area contributed by atoms with Crippen LogP contribution >= 0.6 is 0 Å². The minimum atomic E-state index is -0.245. The van der Waals surface area contributed by atoms with Crippen molar-refractivity contribution in [2.75, 3.05) is 14.2 Å².